The summed E-state index contributed by atoms with van der Waals surface area (Å²) in [5, 5.41) is 94.2. The number of hydrogen-bond donors (Lipinski definition) is 9. The summed E-state index contributed by atoms with van der Waals surface area (Å²) in [4.78, 5) is 15.0. The molecule has 7 rings (SSSR count). The van der Waals surface area contributed by atoms with Crippen LogP contribution in [0.3, 0.4) is 0 Å². The highest BCUT2D eigenvalue weighted by Crippen LogP contribution is 2.49. The van der Waals surface area contributed by atoms with Gasteiger partial charge in [0, 0.05) is 11.3 Å². The van der Waals surface area contributed by atoms with Crippen molar-refractivity contribution in [3.8, 4) is 16.9 Å². The van der Waals surface area contributed by atoms with E-state index in [0.717, 1.165) is 0 Å². The molecule has 328 valence electrons. The van der Waals surface area contributed by atoms with Gasteiger partial charge < -0.3 is 65.1 Å². The molecule has 12 unspecified atom stereocenters. The van der Waals surface area contributed by atoms with Gasteiger partial charge in [0.1, 0.15) is 66.5 Å². The predicted molar refractivity (Wildman–Crippen MR) is 213 cm³/mol. The fourth-order valence-corrected chi connectivity index (χ4v) is 9.65. The van der Waals surface area contributed by atoms with Gasteiger partial charge >= 0.3 is 0 Å². The molecule has 0 saturated carbocycles. The summed E-state index contributed by atoms with van der Waals surface area (Å²) in [6.45, 7) is -1.59. The maximum atomic E-state index is 13.6. The molecule has 9 N–H and O–H groups in total. The van der Waals surface area contributed by atoms with Crippen LogP contribution in [0.15, 0.2) is 102 Å². The van der Waals surface area contributed by atoms with Crippen LogP contribution < -0.4 is 4.90 Å². The summed E-state index contributed by atoms with van der Waals surface area (Å²) in [6, 6.07) is 24.4. The first-order chi connectivity index (χ1) is 29.1. The van der Waals surface area contributed by atoms with Crippen LogP contribution in [0.4, 0.5) is 10.1 Å². The summed E-state index contributed by atoms with van der Waals surface area (Å²) >= 11 is 0. The number of phenolic OH excluding ortho intramolecular Hbond substituents is 1. The molecule has 13 atom stereocenters. The highest BCUT2D eigenvalue weighted by molar-refractivity contribution is 7.91. The number of carbonyl (C=O) groups excluding carboxylic acids is 1. The van der Waals surface area contributed by atoms with E-state index in [-0.39, 0.29) is 29.4 Å². The smallest absolute Gasteiger partial charge is 0.233 e. The quantitative estimate of drug-likeness (QED) is 0.0796. The van der Waals surface area contributed by atoms with E-state index in [1.54, 1.807) is 41.3 Å². The molecular formula is C43H48FNO15S. The van der Waals surface area contributed by atoms with Gasteiger partial charge in [-0.3, -0.25) is 4.79 Å². The Morgan fingerprint density at radius 2 is 1.38 bits per heavy atom. The maximum absolute atomic E-state index is 13.6. The zero-order valence-electron chi connectivity index (χ0n) is 32.5. The van der Waals surface area contributed by atoms with Gasteiger partial charge in [-0.25, -0.2) is 12.8 Å². The third kappa shape index (κ3) is 9.08. The van der Waals surface area contributed by atoms with Crippen LogP contribution in [0.1, 0.15) is 36.1 Å². The summed E-state index contributed by atoms with van der Waals surface area (Å²) < 4.78 is 57.2. The van der Waals surface area contributed by atoms with Crippen molar-refractivity contribution in [1.82, 2.24) is 0 Å². The molecule has 0 radical (unpaired) electrons. The largest absolute Gasteiger partial charge is 0.508 e. The van der Waals surface area contributed by atoms with E-state index in [1.165, 1.54) is 54.6 Å². The normalized spacial score (nSPS) is 31.1. The molecule has 4 aromatic carbocycles. The Kier molecular flexibility index (Phi) is 13.5. The lowest BCUT2D eigenvalue weighted by Crippen LogP contribution is -2.65. The third-order valence-electron chi connectivity index (χ3n) is 11.6. The summed E-state index contributed by atoms with van der Waals surface area (Å²) in [5.41, 5.74) is 2.66. The molecule has 16 nitrogen and oxygen atoms in total. The molecule has 3 aliphatic rings. The minimum atomic E-state index is -4.21. The molecule has 0 spiro atoms. The number of β-lactam (4-membered cyclic amide) rings is 1. The van der Waals surface area contributed by atoms with Gasteiger partial charge in [0.25, 0.3) is 0 Å². The van der Waals surface area contributed by atoms with E-state index in [4.69, 9.17) is 14.2 Å². The number of aromatic hydroxyl groups is 1. The lowest BCUT2D eigenvalue weighted by atomic mass is 9.77. The molecular weight excluding hydrogens is 822 g/mol. The number of ether oxygens (including phenoxy) is 3. The summed E-state index contributed by atoms with van der Waals surface area (Å²) in [5.74, 6) is -2.15. The lowest BCUT2D eigenvalue weighted by molar-refractivity contribution is -0.341. The molecule has 3 saturated heterocycles. The van der Waals surface area contributed by atoms with Gasteiger partial charge in [-0.15, -0.1) is 0 Å². The molecule has 0 aromatic heterocycles. The van der Waals surface area contributed by atoms with Crippen molar-refractivity contribution in [2.45, 2.75) is 91.1 Å². The number of phenols is 1. The SMILES string of the molecule is O=C1[C@H](CCC(O)c2ccc(F)cc2)C(c2ccc(-c3ccc(S(=O)(=O)CC4OC(CO)C(OC5OC(CO)C(O)C(O)C5O)C(O)C4O)cc3)cc2O)N1c1ccccc1. The molecule has 3 heterocycles. The first-order valence-electron chi connectivity index (χ1n) is 19.7. The Hall–Kier alpha value is -4.41. The van der Waals surface area contributed by atoms with Crippen LogP contribution in [0.2, 0.25) is 0 Å². The Balaban J connectivity index is 1.03. The molecule has 18 heteroatoms. The molecule has 61 heavy (non-hydrogen) atoms. The van der Waals surface area contributed by atoms with Crippen molar-refractivity contribution >= 4 is 21.4 Å². The average Bonchev–Trinajstić information content (AvgIpc) is 3.26. The third-order valence-corrected chi connectivity index (χ3v) is 13.4. The molecule has 0 bridgehead atoms. The number of nitrogens with zero attached hydrogens (tertiary/aromatic N) is 1. The monoisotopic (exact) mass is 869 g/mol. The molecule has 4 aromatic rings. The van der Waals surface area contributed by atoms with E-state index >= 15 is 0 Å². The topological polar surface area (TPSA) is 264 Å². The number of hydrogen-bond acceptors (Lipinski definition) is 15. The number of para-hydroxylation sites is 1. The van der Waals surface area contributed by atoms with E-state index < -0.39 is 114 Å². The van der Waals surface area contributed by atoms with Gasteiger partial charge in [0.15, 0.2) is 16.1 Å². The second-order valence-electron chi connectivity index (χ2n) is 15.5. The van der Waals surface area contributed by atoms with Crippen LogP contribution in [0, 0.1) is 11.7 Å². The number of benzene rings is 4. The van der Waals surface area contributed by atoms with Crippen LogP contribution in [0.25, 0.3) is 11.1 Å². The Labute approximate surface area is 350 Å². The first kappa shape index (κ1) is 44.6. The van der Waals surface area contributed by atoms with E-state index in [1.807, 2.05) is 6.07 Å². The minimum Gasteiger partial charge on any atom is -0.508 e. The van der Waals surface area contributed by atoms with Crippen molar-refractivity contribution in [1.29, 1.82) is 0 Å². The van der Waals surface area contributed by atoms with Crippen LogP contribution in [0.5, 0.6) is 5.75 Å². The van der Waals surface area contributed by atoms with E-state index in [2.05, 4.69) is 0 Å². The lowest BCUT2D eigenvalue weighted by Gasteiger charge is -2.48. The molecule has 3 fully saturated rings. The van der Waals surface area contributed by atoms with Crippen LogP contribution in [-0.4, -0.2) is 140 Å². The number of carbonyl (C=O) groups is 1. The van der Waals surface area contributed by atoms with Crippen molar-refractivity contribution < 1.29 is 77.8 Å². The Morgan fingerprint density at radius 3 is 2.02 bits per heavy atom. The molecule has 3 aliphatic heterocycles. The molecule has 1 amide bonds. The van der Waals surface area contributed by atoms with Crippen LogP contribution in [-0.2, 0) is 28.8 Å². The van der Waals surface area contributed by atoms with Crippen molar-refractivity contribution in [2.75, 3.05) is 23.9 Å². The predicted octanol–water partition coefficient (Wildman–Crippen LogP) is 0.857. The molecule has 0 aliphatic carbocycles. The van der Waals surface area contributed by atoms with Gasteiger partial charge in [-0.1, -0.05) is 54.6 Å². The number of amides is 1. The fraction of sp³-hybridized carbons (Fsp3) is 0.419. The number of halogens is 1. The number of sulfone groups is 1. The van der Waals surface area contributed by atoms with Gasteiger partial charge in [0.2, 0.25) is 5.91 Å². The zero-order valence-corrected chi connectivity index (χ0v) is 33.3. The first-order valence-corrected chi connectivity index (χ1v) is 21.3. The maximum Gasteiger partial charge on any atom is 0.233 e. The number of aliphatic hydroxyl groups is 8. The highest BCUT2D eigenvalue weighted by atomic mass is 32.2. The number of aliphatic hydroxyl groups excluding tert-OH is 8. The zero-order chi connectivity index (χ0) is 43.7. The fourth-order valence-electron chi connectivity index (χ4n) is 8.20. The van der Waals surface area contributed by atoms with Crippen LogP contribution >= 0.6 is 0 Å². The van der Waals surface area contributed by atoms with Gasteiger partial charge in [-0.05, 0) is 72.0 Å². The number of rotatable bonds is 14. The van der Waals surface area contributed by atoms with Crippen molar-refractivity contribution in [2.24, 2.45) is 5.92 Å². The van der Waals surface area contributed by atoms with Gasteiger partial charge in [0.05, 0.1) is 41.9 Å². The van der Waals surface area contributed by atoms with Gasteiger partial charge in [-0.2, -0.15) is 0 Å². The van der Waals surface area contributed by atoms with E-state index in [9.17, 15) is 63.6 Å². The Bertz CT molecular complexity index is 2230. The number of anilines is 1. The van der Waals surface area contributed by atoms with E-state index in [0.29, 0.717) is 27.9 Å². The summed E-state index contributed by atoms with van der Waals surface area (Å²) in [6.07, 6.45) is -17.2. The highest BCUT2D eigenvalue weighted by Gasteiger charge is 2.52. The summed E-state index contributed by atoms with van der Waals surface area (Å²) in [7, 11) is -4.21. The second kappa shape index (κ2) is 18.5. The second-order valence-corrected chi connectivity index (χ2v) is 17.5. The minimum absolute atomic E-state index is 0.119. The average molecular weight is 870 g/mol. The van der Waals surface area contributed by atoms with Crippen molar-refractivity contribution in [3.63, 3.8) is 0 Å². The standard InChI is InChI=1S/C43H48FNO15S/c44-25-11-6-23(7-12-25)30(48)17-16-29-35(45(42(29)55)26-4-2-1-3-5-26)28-15-10-24(18-31(28)49)22-8-13-27(14-9-22)61(56,57)21-34-37(51)39(53)41(33(20-47)58-34)60-43-40(54)38(52)36(50)32(19-46)59-43/h1-15,18,29-30,32-41,43,46-54H,16-17,19-21H2/t29-,30?,32?,33?,34?,35?,36?,37?,38?,39?,40?,41?,43?/m1/s1. The van der Waals surface area contributed by atoms with Crippen molar-refractivity contribution in [3.05, 3.63) is 114 Å². The Morgan fingerprint density at radius 1 is 0.738 bits per heavy atom.